The predicted molar refractivity (Wildman–Crippen MR) is 99.1 cm³/mol. The molecular formula is C19H19N3O4. The number of carbonyl (C=O) groups is 2. The average molecular weight is 353 g/mol. The lowest BCUT2D eigenvalue weighted by Gasteiger charge is -2.07. The van der Waals surface area contributed by atoms with Gasteiger partial charge in [-0.2, -0.15) is 0 Å². The van der Waals surface area contributed by atoms with E-state index in [-0.39, 0.29) is 18.2 Å². The van der Waals surface area contributed by atoms with Crippen LogP contribution in [0.5, 0.6) is 0 Å². The molecule has 0 spiro atoms. The number of aromatic nitrogens is 1. The van der Waals surface area contributed by atoms with E-state index in [1.807, 2.05) is 12.1 Å². The predicted octanol–water partition coefficient (Wildman–Crippen LogP) is 2.97. The Morgan fingerprint density at radius 1 is 1.00 bits per heavy atom. The van der Waals surface area contributed by atoms with E-state index in [0.717, 1.165) is 5.52 Å². The first-order valence-electron chi connectivity index (χ1n) is 8.29. The monoisotopic (exact) mass is 353 g/mol. The third-order valence-electron chi connectivity index (χ3n) is 3.85. The van der Waals surface area contributed by atoms with E-state index in [1.165, 1.54) is 11.5 Å². The molecule has 0 aliphatic carbocycles. The first kappa shape index (κ1) is 17.5. The van der Waals surface area contributed by atoms with Crippen molar-refractivity contribution in [2.75, 3.05) is 10.6 Å². The number of oxazole rings is 1. The summed E-state index contributed by atoms with van der Waals surface area (Å²) in [7, 11) is 0. The van der Waals surface area contributed by atoms with Gasteiger partial charge in [0.1, 0.15) is 0 Å². The van der Waals surface area contributed by atoms with Gasteiger partial charge in [-0.3, -0.25) is 14.2 Å². The van der Waals surface area contributed by atoms with Gasteiger partial charge in [0.05, 0.1) is 5.52 Å². The third kappa shape index (κ3) is 4.18. The number of rotatable bonds is 6. The first-order chi connectivity index (χ1) is 12.5. The summed E-state index contributed by atoms with van der Waals surface area (Å²) in [5.74, 6) is -0.706. The van der Waals surface area contributed by atoms with Gasteiger partial charge in [0.15, 0.2) is 5.58 Å². The van der Waals surface area contributed by atoms with Crippen molar-refractivity contribution in [1.29, 1.82) is 0 Å². The molecule has 7 nitrogen and oxygen atoms in total. The fourth-order valence-corrected chi connectivity index (χ4v) is 2.69. The molecule has 26 heavy (non-hydrogen) atoms. The minimum Gasteiger partial charge on any atom is -0.408 e. The summed E-state index contributed by atoms with van der Waals surface area (Å²) in [5, 5.41) is 5.45. The molecule has 0 radical (unpaired) electrons. The Labute approximate surface area is 149 Å². The van der Waals surface area contributed by atoms with Crippen LogP contribution < -0.4 is 16.4 Å². The summed E-state index contributed by atoms with van der Waals surface area (Å²) in [6.07, 6.45) is 0.790. The molecule has 0 fully saturated rings. The number of fused-ring (bicyclic) bond motifs is 1. The molecule has 2 N–H and O–H groups in total. The third-order valence-corrected chi connectivity index (χ3v) is 3.85. The number of carbonyl (C=O) groups excluding carboxylic acids is 2. The SMILES string of the molecule is CC(=O)Nc1ccc(NC(=O)CCCn2c(=O)oc3ccccc32)cc1. The molecule has 0 bridgehead atoms. The van der Waals surface area contributed by atoms with Gasteiger partial charge in [-0.25, -0.2) is 4.79 Å². The van der Waals surface area contributed by atoms with Gasteiger partial charge in [-0.15, -0.1) is 0 Å². The van der Waals surface area contributed by atoms with Gasteiger partial charge in [-0.1, -0.05) is 12.1 Å². The smallest absolute Gasteiger partial charge is 0.408 e. The van der Waals surface area contributed by atoms with E-state index in [2.05, 4.69) is 10.6 Å². The molecule has 3 rings (SSSR count). The van der Waals surface area contributed by atoms with Crippen LogP contribution in [0.1, 0.15) is 19.8 Å². The van der Waals surface area contributed by atoms with Gasteiger partial charge in [-0.05, 0) is 42.8 Å². The molecule has 134 valence electrons. The number of nitrogens with one attached hydrogen (secondary N) is 2. The van der Waals surface area contributed by atoms with Gasteiger partial charge in [0.25, 0.3) is 0 Å². The number of nitrogens with zero attached hydrogens (tertiary/aromatic N) is 1. The summed E-state index contributed by atoms with van der Waals surface area (Å²) < 4.78 is 6.70. The molecule has 0 aliphatic heterocycles. The fraction of sp³-hybridized carbons (Fsp3) is 0.211. The first-order valence-corrected chi connectivity index (χ1v) is 8.29. The topological polar surface area (TPSA) is 93.3 Å². The number of aryl methyl sites for hydroxylation is 1. The second kappa shape index (κ2) is 7.69. The van der Waals surface area contributed by atoms with Gasteiger partial charge in [0.2, 0.25) is 11.8 Å². The maximum atomic E-state index is 12.1. The molecular weight excluding hydrogens is 334 g/mol. The number of amides is 2. The molecule has 1 aromatic heterocycles. The highest BCUT2D eigenvalue weighted by atomic mass is 16.4. The number of para-hydroxylation sites is 2. The maximum absolute atomic E-state index is 12.1. The summed E-state index contributed by atoms with van der Waals surface area (Å²) >= 11 is 0. The Morgan fingerprint density at radius 2 is 1.65 bits per heavy atom. The summed E-state index contributed by atoms with van der Waals surface area (Å²) in [5.41, 5.74) is 2.59. The van der Waals surface area contributed by atoms with Crippen molar-refractivity contribution < 1.29 is 14.0 Å². The minimum atomic E-state index is -0.417. The highest BCUT2D eigenvalue weighted by Crippen LogP contribution is 2.15. The van der Waals surface area contributed by atoms with E-state index in [1.54, 1.807) is 36.4 Å². The fourth-order valence-electron chi connectivity index (χ4n) is 2.69. The van der Waals surface area contributed by atoms with Crippen LogP contribution in [0.4, 0.5) is 11.4 Å². The normalized spacial score (nSPS) is 10.7. The van der Waals surface area contributed by atoms with E-state index in [4.69, 9.17) is 4.42 Å². The van der Waals surface area contributed by atoms with Gasteiger partial charge >= 0.3 is 5.76 Å². The minimum absolute atomic E-state index is 0.141. The average Bonchev–Trinajstić information content (AvgIpc) is 2.92. The number of hydrogen-bond acceptors (Lipinski definition) is 4. The van der Waals surface area contributed by atoms with Crippen molar-refractivity contribution in [2.45, 2.75) is 26.3 Å². The van der Waals surface area contributed by atoms with Gasteiger partial charge < -0.3 is 15.1 Å². The van der Waals surface area contributed by atoms with Crippen LogP contribution in [-0.4, -0.2) is 16.4 Å². The zero-order valence-electron chi connectivity index (χ0n) is 14.3. The van der Waals surface area contributed by atoms with E-state index in [9.17, 15) is 14.4 Å². The molecule has 7 heteroatoms. The van der Waals surface area contributed by atoms with E-state index >= 15 is 0 Å². The largest absolute Gasteiger partial charge is 0.419 e. The zero-order chi connectivity index (χ0) is 18.5. The number of hydrogen-bond donors (Lipinski definition) is 2. The Morgan fingerprint density at radius 3 is 2.35 bits per heavy atom. The Bertz CT molecular complexity index is 986. The van der Waals surface area contributed by atoms with Crippen molar-refractivity contribution in [2.24, 2.45) is 0 Å². The highest BCUT2D eigenvalue weighted by Gasteiger charge is 2.09. The van der Waals surface area contributed by atoms with E-state index in [0.29, 0.717) is 29.9 Å². The Balaban J connectivity index is 1.53. The van der Waals surface area contributed by atoms with Crippen molar-refractivity contribution in [3.8, 4) is 0 Å². The highest BCUT2D eigenvalue weighted by molar-refractivity contribution is 5.92. The van der Waals surface area contributed by atoms with Gasteiger partial charge in [0, 0.05) is 31.3 Å². The zero-order valence-corrected chi connectivity index (χ0v) is 14.3. The quantitative estimate of drug-likeness (QED) is 0.712. The van der Waals surface area contributed by atoms with Crippen LogP contribution in [0, 0.1) is 0 Å². The van der Waals surface area contributed by atoms with Crippen LogP contribution >= 0.6 is 0 Å². The molecule has 0 aliphatic rings. The van der Waals surface area contributed by atoms with Crippen molar-refractivity contribution in [3.63, 3.8) is 0 Å². The van der Waals surface area contributed by atoms with Crippen molar-refractivity contribution >= 4 is 34.3 Å². The molecule has 3 aromatic rings. The summed E-state index contributed by atoms with van der Waals surface area (Å²) in [6.45, 7) is 1.84. The molecule has 0 saturated carbocycles. The standard InChI is InChI=1S/C19H19N3O4/c1-13(23)20-14-8-10-15(11-9-14)21-18(24)7-4-12-22-16-5-2-3-6-17(16)26-19(22)25/h2-3,5-6,8-11H,4,7,12H2,1H3,(H,20,23)(H,21,24). The van der Waals surface area contributed by atoms with Crippen LogP contribution in [-0.2, 0) is 16.1 Å². The number of benzene rings is 2. The van der Waals surface area contributed by atoms with Crippen LogP contribution in [0.2, 0.25) is 0 Å². The maximum Gasteiger partial charge on any atom is 0.419 e. The Kier molecular flexibility index (Phi) is 5.17. The molecule has 2 amide bonds. The van der Waals surface area contributed by atoms with E-state index < -0.39 is 5.76 Å². The molecule has 0 atom stereocenters. The summed E-state index contributed by atoms with van der Waals surface area (Å²) in [4.78, 5) is 34.9. The number of anilines is 2. The van der Waals surface area contributed by atoms with Crippen molar-refractivity contribution in [3.05, 3.63) is 59.1 Å². The molecule has 0 unspecified atom stereocenters. The van der Waals surface area contributed by atoms with Crippen LogP contribution in [0.25, 0.3) is 11.1 Å². The lowest BCUT2D eigenvalue weighted by atomic mass is 10.2. The summed E-state index contributed by atoms with van der Waals surface area (Å²) in [6, 6.07) is 14.1. The second-order valence-corrected chi connectivity index (χ2v) is 5.90. The second-order valence-electron chi connectivity index (χ2n) is 5.90. The molecule has 2 aromatic carbocycles. The molecule has 0 saturated heterocycles. The lowest BCUT2D eigenvalue weighted by Crippen LogP contribution is -2.17. The lowest BCUT2D eigenvalue weighted by molar-refractivity contribution is -0.116. The van der Waals surface area contributed by atoms with Crippen LogP contribution in [0.3, 0.4) is 0 Å². The van der Waals surface area contributed by atoms with Crippen molar-refractivity contribution in [1.82, 2.24) is 4.57 Å². The Hall–Kier alpha value is -3.35. The molecule has 1 heterocycles. The van der Waals surface area contributed by atoms with Crippen LogP contribution in [0.15, 0.2) is 57.7 Å².